The number of hydrogen-bond acceptors (Lipinski definition) is 2. The van der Waals surface area contributed by atoms with Crippen molar-refractivity contribution < 1.29 is 18.0 Å². The average molecular weight is 320 g/mol. The molecule has 0 saturated heterocycles. The van der Waals surface area contributed by atoms with Gasteiger partial charge >= 0.3 is 6.18 Å². The Balaban J connectivity index is 0.00000220. The van der Waals surface area contributed by atoms with Gasteiger partial charge in [0.05, 0.1) is 11.5 Å². The quantitative estimate of drug-likeness (QED) is 0.860. The number of hydrogen-bond donors (Lipinski definition) is 1. The molecule has 1 aliphatic heterocycles. The van der Waals surface area contributed by atoms with E-state index in [0.29, 0.717) is 18.5 Å². The Morgan fingerprint density at radius 3 is 2.57 bits per heavy atom. The van der Waals surface area contributed by atoms with E-state index in [9.17, 15) is 18.0 Å². The first-order valence-corrected chi connectivity index (χ1v) is 6.47. The summed E-state index contributed by atoms with van der Waals surface area (Å²) in [5, 5.41) is 3.13. The van der Waals surface area contributed by atoms with Gasteiger partial charge in [-0.1, -0.05) is 29.8 Å². The Morgan fingerprint density at radius 1 is 1.33 bits per heavy atom. The molecule has 116 valence electrons. The molecule has 6 heteroatoms. The molecular formula is C15H17ClF3NO. The smallest absolute Gasteiger partial charge is 0.313 e. The first kappa shape index (κ1) is 17.7. The fourth-order valence-electron chi connectivity index (χ4n) is 2.51. The topological polar surface area (TPSA) is 29.1 Å². The van der Waals surface area contributed by atoms with E-state index in [1.165, 1.54) is 13.0 Å². The van der Waals surface area contributed by atoms with Gasteiger partial charge in [0.15, 0.2) is 0 Å². The van der Waals surface area contributed by atoms with Gasteiger partial charge in [-0.25, -0.2) is 0 Å². The summed E-state index contributed by atoms with van der Waals surface area (Å²) in [5.74, 6) is -0.697. The van der Waals surface area contributed by atoms with Crippen molar-refractivity contribution in [2.45, 2.75) is 25.4 Å². The largest absolute Gasteiger partial charge is 0.416 e. The second kappa shape index (κ2) is 7.09. The molecule has 0 radical (unpaired) electrons. The van der Waals surface area contributed by atoms with E-state index in [2.05, 4.69) is 5.32 Å². The molecule has 1 aromatic carbocycles. The second-order valence-electron chi connectivity index (χ2n) is 4.90. The van der Waals surface area contributed by atoms with Crippen LogP contribution in [-0.4, -0.2) is 18.9 Å². The summed E-state index contributed by atoms with van der Waals surface area (Å²) in [5.41, 5.74) is 0.604. The summed E-state index contributed by atoms with van der Waals surface area (Å²) in [6.07, 6.45) is -1.81. The first-order chi connectivity index (χ1) is 9.39. The van der Waals surface area contributed by atoms with Gasteiger partial charge in [-0.05, 0) is 31.5 Å². The molecule has 1 N–H and O–H groups in total. The third kappa shape index (κ3) is 4.32. The van der Waals surface area contributed by atoms with E-state index in [0.717, 1.165) is 24.3 Å². The highest BCUT2D eigenvalue weighted by Crippen LogP contribution is 2.34. The first-order valence-electron chi connectivity index (χ1n) is 6.47. The van der Waals surface area contributed by atoms with Crippen LogP contribution in [0.1, 0.15) is 30.4 Å². The van der Waals surface area contributed by atoms with Gasteiger partial charge in [-0.15, -0.1) is 12.4 Å². The summed E-state index contributed by atoms with van der Waals surface area (Å²) in [7, 11) is 0. The van der Waals surface area contributed by atoms with E-state index in [4.69, 9.17) is 0 Å². The molecule has 0 bridgehead atoms. The maximum atomic E-state index is 12.8. The van der Waals surface area contributed by atoms with Gasteiger partial charge in [0, 0.05) is 6.54 Å². The number of benzene rings is 1. The molecule has 1 heterocycles. The Hall–Kier alpha value is -1.33. The van der Waals surface area contributed by atoms with Gasteiger partial charge in [-0.3, -0.25) is 4.79 Å². The van der Waals surface area contributed by atoms with Gasteiger partial charge in [0.25, 0.3) is 0 Å². The van der Waals surface area contributed by atoms with Crippen LogP contribution < -0.4 is 5.32 Å². The van der Waals surface area contributed by atoms with Crippen molar-refractivity contribution in [1.82, 2.24) is 5.32 Å². The zero-order valence-corrected chi connectivity index (χ0v) is 12.4. The summed E-state index contributed by atoms with van der Waals surface area (Å²) in [6.45, 7) is 2.82. The number of carbonyl (C=O) groups is 1. The van der Waals surface area contributed by atoms with Crippen molar-refractivity contribution in [3.63, 3.8) is 0 Å². The molecule has 0 spiro atoms. The van der Waals surface area contributed by atoms with Crippen molar-refractivity contribution in [2.75, 3.05) is 13.1 Å². The third-order valence-corrected chi connectivity index (χ3v) is 3.42. The number of nitrogens with one attached hydrogen (secondary N) is 1. The highest BCUT2D eigenvalue weighted by molar-refractivity contribution is 5.86. The Morgan fingerprint density at radius 2 is 2.05 bits per heavy atom. The lowest BCUT2D eigenvalue weighted by molar-refractivity contribution is -0.137. The van der Waals surface area contributed by atoms with Crippen LogP contribution in [-0.2, 0) is 11.0 Å². The van der Waals surface area contributed by atoms with Crippen LogP contribution in [0.2, 0.25) is 0 Å². The maximum Gasteiger partial charge on any atom is 0.416 e. The number of halogens is 4. The summed E-state index contributed by atoms with van der Waals surface area (Å²) in [4.78, 5) is 11.9. The van der Waals surface area contributed by atoms with E-state index < -0.39 is 17.7 Å². The van der Waals surface area contributed by atoms with Crippen LogP contribution in [0, 0.1) is 0 Å². The summed E-state index contributed by atoms with van der Waals surface area (Å²) < 4.78 is 38.3. The molecule has 2 rings (SSSR count). The van der Waals surface area contributed by atoms with Gasteiger partial charge in [0.2, 0.25) is 0 Å². The molecule has 1 aromatic rings. The zero-order valence-electron chi connectivity index (χ0n) is 11.5. The summed E-state index contributed by atoms with van der Waals surface area (Å²) in [6, 6.07) is 5.05. The number of rotatable bonds is 3. The molecule has 1 unspecified atom stereocenters. The zero-order chi connectivity index (χ0) is 14.8. The van der Waals surface area contributed by atoms with Crippen molar-refractivity contribution in [3.8, 4) is 0 Å². The lowest BCUT2D eigenvalue weighted by atomic mass is 9.84. The normalized spacial score (nSPS) is 16.7. The van der Waals surface area contributed by atoms with Crippen LogP contribution in [0.15, 0.2) is 35.9 Å². The molecule has 1 aliphatic rings. The highest BCUT2D eigenvalue weighted by atomic mass is 35.5. The Labute approximate surface area is 127 Å². The predicted octanol–water partition coefficient (Wildman–Crippen LogP) is 3.72. The minimum Gasteiger partial charge on any atom is -0.313 e. The number of Topliss-reactive ketones (excluding diaryl/α,β-unsaturated/α-hetero) is 1. The molecule has 2 nitrogen and oxygen atoms in total. The molecule has 1 atom stereocenters. The lowest BCUT2D eigenvalue weighted by Gasteiger charge is -2.22. The monoisotopic (exact) mass is 319 g/mol. The number of ketones is 1. The third-order valence-electron chi connectivity index (χ3n) is 3.42. The lowest BCUT2D eigenvalue weighted by Crippen LogP contribution is -2.25. The minimum atomic E-state index is -4.39. The second-order valence-corrected chi connectivity index (χ2v) is 4.90. The van der Waals surface area contributed by atoms with Crippen LogP contribution in [0.25, 0.3) is 0 Å². The summed E-state index contributed by atoms with van der Waals surface area (Å²) >= 11 is 0. The van der Waals surface area contributed by atoms with E-state index in [1.54, 1.807) is 6.07 Å². The molecule has 0 aromatic heterocycles. The van der Waals surface area contributed by atoms with Gasteiger partial charge < -0.3 is 5.32 Å². The van der Waals surface area contributed by atoms with Crippen molar-refractivity contribution in [1.29, 1.82) is 0 Å². The molecule has 21 heavy (non-hydrogen) atoms. The molecule has 0 fully saturated rings. The van der Waals surface area contributed by atoms with E-state index >= 15 is 0 Å². The van der Waals surface area contributed by atoms with Crippen molar-refractivity contribution in [3.05, 3.63) is 47.0 Å². The molecular weight excluding hydrogens is 303 g/mol. The maximum absolute atomic E-state index is 12.8. The highest BCUT2D eigenvalue weighted by Gasteiger charge is 2.32. The van der Waals surface area contributed by atoms with Crippen LogP contribution in [0.4, 0.5) is 13.2 Å². The van der Waals surface area contributed by atoms with Gasteiger partial charge in [0.1, 0.15) is 5.78 Å². The SMILES string of the molecule is CC(=O)C(C1=CCNCC1)c1cccc(C(F)(F)F)c1.Cl. The Bertz CT molecular complexity index is 540. The fourth-order valence-corrected chi connectivity index (χ4v) is 2.51. The van der Waals surface area contributed by atoms with Crippen LogP contribution in [0.5, 0.6) is 0 Å². The standard InChI is InChI=1S/C15H16F3NO.ClH/c1-10(20)14(11-5-7-19-8-6-11)12-3-2-4-13(9-12)15(16,17)18;/h2-5,9,14,19H,6-8H2,1H3;1H. The Kier molecular flexibility index (Phi) is 5.98. The number of alkyl halides is 3. The van der Waals surface area contributed by atoms with E-state index in [1.807, 2.05) is 6.08 Å². The van der Waals surface area contributed by atoms with Crippen LogP contribution >= 0.6 is 12.4 Å². The minimum absolute atomic E-state index is 0. The van der Waals surface area contributed by atoms with Crippen molar-refractivity contribution in [2.24, 2.45) is 0 Å². The van der Waals surface area contributed by atoms with Gasteiger partial charge in [-0.2, -0.15) is 13.2 Å². The van der Waals surface area contributed by atoms with E-state index in [-0.39, 0.29) is 18.2 Å². The average Bonchev–Trinajstić information content (AvgIpc) is 2.39. The molecule has 0 aliphatic carbocycles. The predicted molar refractivity (Wildman–Crippen MR) is 77.7 cm³/mol. The number of carbonyl (C=O) groups excluding carboxylic acids is 1. The molecule has 0 amide bonds. The fraction of sp³-hybridized carbons (Fsp3) is 0.400. The van der Waals surface area contributed by atoms with Crippen molar-refractivity contribution >= 4 is 18.2 Å². The molecule has 0 saturated carbocycles. The van der Waals surface area contributed by atoms with Crippen LogP contribution in [0.3, 0.4) is 0 Å².